The molecule has 0 atom stereocenters. The van der Waals surface area contributed by atoms with Gasteiger partial charge in [0.25, 0.3) is 0 Å². The van der Waals surface area contributed by atoms with Crippen molar-refractivity contribution in [2.24, 2.45) is 0 Å². The maximum absolute atomic E-state index is 7.94. The van der Waals surface area contributed by atoms with Gasteiger partial charge in [-0.15, -0.1) is 0 Å². The minimum atomic E-state index is 0.518. The standard InChI is InChI=1S/C24H25N7O/c1-16(25)20(13-26-2)18-6-4-17(5-7-18)12-27-23-11-21(29-15-30-23)22-14-28-24-10-19(32-3)8-9-31(22)24/h4-11,13-15,25-26H,12H2,1-3H3,(H,27,29,30)/b20-13+,25-16?. The van der Waals surface area contributed by atoms with Gasteiger partial charge in [0.1, 0.15) is 23.5 Å². The summed E-state index contributed by atoms with van der Waals surface area (Å²) < 4.78 is 7.24. The molecule has 8 heteroatoms. The van der Waals surface area contributed by atoms with Gasteiger partial charge in [0, 0.05) is 49.4 Å². The second-order valence-electron chi connectivity index (χ2n) is 7.25. The molecule has 0 aliphatic heterocycles. The lowest BCUT2D eigenvalue weighted by Gasteiger charge is -2.10. The second kappa shape index (κ2) is 9.30. The molecule has 4 aromatic rings. The number of aromatic nitrogens is 4. The van der Waals surface area contributed by atoms with Crippen LogP contribution in [0, 0.1) is 5.41 Å². The molecule has 0 unspecified atom stereocenters. The van der Waals surface area contributed by atoms with E-state index in [0.29, 0.717) is 12.3 Å². The Morgan fingerprint density at radius 3 is 2.66 bits per heavy atom. The molecular weight excluding hydrogens is 402 g/mol. The second-order valence-corrected chi connectivity index (χ2v) is 7.25. The fraction of sp³-hybridized carbons (Fsp3) is 0.167. The van der Waals surface area contributed by atoms with E-state index >= 15 is 0 Å². The molecule has 8 nitrogen and oxygen atoms in total. The highest BCUT2D eigenvalue weighted by molar-refractivity contribution is 6.21. The van der Waals surface area contributed by atoms with Crippen molar-refractivity contribution in [1.82, 2.24) is 24.7 Å². The molecule has 3 heterocycles. The Balaban J connectivity index is 1.49. The molecular formula is C24H25N7O. The monoisotopic (exact) mass is 427 g/mol. The molecule has 1 aromatic carbocycles. The van der Waals surface area contributed by atoms with E-state index in [1.54, 1.807) is 26.6 Å². The predicted molar refractivity (Wildman–Crippen MR) is 127 cm³/mol. The third-order valence-corrected chi connectivity index (χ3v) is 5.08. The number of fused-ring (bicyclic) bond motifs is 1. The highest BCUT2D eigenvalue weighted by Gasteiger charge is 2.10. The van der Waals surface area contributed by atoms with Crippen molar-refractivity contribution in [3.8, 4) is 17.1 Å². The minimum Gasteiger partial charge on any atom is -0.497 e. The van der Waals surface area contributed by atoms with Crippen LogP contribution in [0.15, 0.2) is 67.4 Å². The van der Waals surface area contributed by atoms with E-state index in [9.17, 15) is 0 Å². The zero-order chi connectivity index (χ0) is 22.5. The molecule has 4 rings (SSSR count). The van der Waals surface area contributed by atoms with Gasteiger partial charge in [-0.1, -0.05) is 24.3 Å². The van der Waals surface area contributed by atoms with E-state index in [1.165, 1.54) is 0 Å². The normalized spacial score (nSPS) is 11.4. The fourth-order valence-electron chi connectivity index (χ4n) is 3.42. The molecule has 0 fully saturated rings. The molecule has 0 saturated carbocycles. The van der Waals surface area contributed by atoms with Crippen LogP contribution >= 0.6 is 0 Å². The van der Waals surface area contributed by atoms with Crippen molar-refractivity contribution in [1.29, 1.82) is 5.41 Å². The van der Waals surface area contributed by atoms with E-state index < -0.39 is 0 Å². The molecule has 0 aliphatic rings. The summed E-state index contributed by atoms with van der Waals surface area (Å²) in [5, 5.41) is 14.3. The van der Waals surface area contributed by atoms with Crippen molar-refractivity contribution in [2.75, 3.05) is 19.5 Å². The SMILES string of the molecule is CN/C=C(\C(C)=N)c1ccc(CNc2cc(-c3cnc4cc(OC)ccn34)ncn2)cc1. The Morgan fingerprint density at radius 2 is 1.94 bits per heavy atom. The third-order valence-electron chi connectivity index (χ3n) is 5.08. The number of ether oxygens (including phenoxy) is 1. The lowest BCUT2D eigenvalue weighted by Crippen LogP contribution is -2.04. The van der Waals surface area contributed by atoms with Gasteiger partial charge in [-0.3, -0.25) is 4.40 Å². The zero-order valence-corrected chi connectivity index (χ0v) is 18.3. The van der Waals surface area contributed by atoms with Gasteiger partial charge >= 0.3 is 0 Å². The van der Waals surface area contributed by atoms with Crippen molar-refractivity contribution < 1.29 is 4.74 Å². The van der Waals surface area contributed by atoms with Crippen LogP contribution in [0.2, 0.25) is 0 Å². The molecule has 3 N–H and O–H groups in total. The van der Waals surface area contributed by atoms with Crippen LogP contribution in [0.3, 0.4) is 0 Å². The lowest BCUT2D eigenvalue weighted by atomic mass is 10.0. The molecule has 3 aromatic heterocycles. The molecule has 0 radical (unpaired) electrons. The number of allylic oxidation sites excluding steroid dienone is 1. The smallest absolute Gasteiger partial charge is 0.140 e. The first-order chi connectivity index (χ1) is 15.6. The van der Waals surface area contributed by atoms with E-state index in [4.69, 9.17) is 10.1 Å². The number of methoxy groups -OCH3 is 1. The number of hydrogen-bond acceptors (Lipinski definition) is 7. The number of pyridine rings is 1. The Bertz CT molecular complexity index is 1280. The van der Waals surface area contributed by atoms with Crippen LogP contribution in [0.25, 0.3) is 22.6 Å². The first-order valence-corrected chi connectivity index (χ1v) is 10.2. The van der Waals surface area contributed by atoms with Gasteiger partial charge in [-0.2, -0.15) is 0 Å². The van der Waals surface area contributed by atoms with Crippen LogP contribution in [0.5, 0.6) is 5.75 Å². The van der Waals surface area contributed by atoms with Gasteiger partial charge < -0.3 is 20.8 Å². The van der Waals surface area contributed by atoms with E-state index in [-0.39, 0.29) is 0 Å². The summed E-state index contributed by atoms with van der Waals surface area (Å²) in [4.78, 5) is 13.2. The van der Waals surface area contributed by atoms with E-state index in [0.717, 1.165) is 45.3 Å². The van der Waals surface area contributed by atoms with Crippen LogP contribution in [-0.2, 0) is 6.54 Å². The van der Waals surface area contributed by atoms with Gasteiger partial charge in [-0.25, -0.2) is 15.0 Å². The number of hydrogen-bond donors (Lipinski definition) is 3. The molecule has 0 bridgehead atoms. The number of benzene rings is 1. The van der Waals surface area contributed by atoms with Crippen LogP contribution < -0.4 is 15.4 Å². The quantitative estimate of drug-likeness (QED) is 0.367. The summed E-state index contributed by atoms with van der Waals surface area (Å²) in [6.45, 7) is 2.40. The highest BCUT2D eigenvalue weighted by Crippen LogP contribution is 2.23. The van der Waals surface area contributed by atoms with Gasteiger partial charge in [0.15, 0.2) is 0 Å². The Morgan fingerprint density at radius 1 is 1.12 bits per heavy atom. The van der Waals surface area contributed by atoms with Crippen LogP contribution in [0.4, 0.5) is 5.82 Å². The maximum atomic E-state index is 7.94. The van der Waals surface area contributed by atoms with Crippen LogP contribution in [-0.4, -0.2) is 39.2 Å². The minimum absolute atomic E-state index is 0.518. The van der Waals surface area contributed by atoms with Crippen molar-refractivity contribution in [3.05, 3.63) is 78.5 Å². The maximum Gasteiger partial charge on any atom is 0.140 e. The van der Waals surface area contributed by atoms with Gasteiger partial charge in [-0.05, 0) is 24.1 Å². The first kappa shape index (κ1) is 21.0. The summed E-state index contributed by atoms with van der Waals surface area (Å²) in [6.07, 6.45) is 7.10. The van der Waals surface area contributed by atoms with Crippen molar-refractivity contribution >= 4 is 22.7 Å². The summed E-state index contributed by atoms with van der Waals surface area (Å²) in [6, 6.07) is 13.8. The summed E-state index contributed by atoms with van der Waals surface area (Å²) in [5.74, 6) is 1.49. The number of anilines is 1. The molecule has 0 saturated heterocycles. The molecule has 162 valence electrons. The lowest BCUT2D eigenvalue weighted by molar-refractivity contribution is 0.414. The van der Waals surface area contributed by atoms with Crippen molar-refractivity contribution in [3.63, 3.8) is 0 Å². The number of nitrogens with one attached hydrogen (secondary N) is 3. The number of rotatable bonds is 8. The van der Waals surface area contributed by atoms with Crippen LogP contribution in [0.1, 0.15) is 18.1 Å². The topological polar surface area (TPSA) is 100 Å². The summed E-state index contributed by atoms with van der Waals surface area (Å²) in [5.41, 5.74) is 5.95. The number of imidazole rings is 1. The number of nitrogens with zero attached hydrogens (tertiary/aromatic N) is 4. The summed E-state index contributed by atoms with van der Waals surface area (Å²) in [7, 11) is 3.47. The summed E-state index contributed by atoms with van der Waals surface area (Å²) >= 11 is 0. The first-order valence-electron chi connectivity index (χ1n) is 10.2. The largest absolute Gasteiger partial charge is 0.497 e. The molecule has 0 spiro atoms. The highest BCUT2D eigenvalue weighted by atomic mass is 16.5. The third kappa shape index (κ3) is 4.44. The van der Waals surface area contributed by atoms with Crippen molar-refractivity contribution in [2.45, 2.75) is 13.5 Å². The van der Waals surface area contributed by atoms with Gasteiger partial charge in [0.05, 0.1) is 24.7 Å². The zero-order valence-electron chi connectivity index (χ0n) is 18.3. The van der Waals surface area contributed by atoms with E-state index in [1.807, 2.05) is 54.2 Å². The molecule has 0 aliphatic carbocycles. The fourth-order valence-corrected chi connectivity index (χ4v) is 3.42. The Hall–Kier alpha value is -4.20. The average molecular weight is 428 g/mol. The Kier molecular flexibility index (Phi) is 6.12. The average Bonchev–Trinajstić information content (AvgIpc) is 3.25. The molecule has 32 heavy (non-hydrogen) atoms. The Labute approximate surface area is 186 Å². The van der Waals surface area contributed by atoms with E-state index in [2.05, 4.69) is 37.7 Å². The van der Waals surface area contributed by atoms with Gasteiger partial charge in [0.2, 0.25) is 0 Å². The molecule has 0 amide bonds. The predicted octanol–water partition coefficient (Wildman–Crippen LogP) is 4.01.